The highest BCUT2D eigenvalue weighted by molar-refractivity contribution is 7.89. The first-order valence-electron chi connectivity index (χ1n) is 10.1. The molecule has 0 aliphatic heterocycles. The molecule has 2 heterocycles. The smallest absolute Gasteiger partial charge is 0.287 e. The van der Waals surface area contributed by atoms with Crippen LogP contribution in [0.25, 0.3) is 0 Å². The van der Waals surface area contributed by atoms with Crippen LogP contribution in [0.5, 0.6) is 5.75 Å². The van der Waals surface area contributed by atoms with Crippen molar-refractivity contribution < 1.29 is 22.4 Å². The van der Waals surface area contributed by atoms with E-state index >= 15 is 0 Å². The zero-order valence-electron chi connectivity index (χ0n) is 18.5. The summed E-state index contributed by atoms with van der Waals surface area (Å²) < 4.78 is 38.2. The van der Waals surface area contributed by atoms with Crippen molar-refractivity contribution in [2.45, 2.75) is 51.0 Å². The molecule has 0 spiro atoms. The largest absolute Gasteiger partial charge is 0.489 e. The van der Waals surface area contributed by atoms with Crippen LogP contribution in [-0.4, -0.2) is 24.8 Å². The number of carbonyl (C=O) groups is 1. The molecule has 1 aromatic carbocycles. The zero-order chi connectivity index (χ0) is 23.4. The van der Waals surface area contributed by atoms with Crippen LogP contribution in [0.15, 0.2) is 70.4 Å². The molecule has 2 aromatic heterocycles. The number of sulfonamides is 1. The Balaban J connectivity index is 1.59. The third-order valence-corrected chi connectivity index (χ3v) is 6.00. The SMILES string of the molecule is CC(NC(=O)c1ccc(S(=O)(=O)NC(C)(C)C)o1)c1ccc(OCc2cccnc2)cc1. The van der Waals surface area contributed by atoms with Gasteiger partial charge in [-0.15, -0.1) is 0 Å². The van der Waals surface area contributed by atoms with Crippen LogP contribution in [0.4, 0.5) is 0 Å². The number of amides is 1. The Kier molecular flexibility index (Phi) is 7.00. The van der Waals surface area contributed by atoms with Gasteiger partial charge < -0.3 is 14.5 Å². The first kappa shape index (κ1) is 23.5. The number of carbonyl (C=O) groups excluding carboxylic acids is 1. The number of nitrogens with zero attached hydrogens (tertiary/aromatic N) is 1. The summed E-state index contributed by atoms with van der Waals surface area (Å²) in [5.74, 6) is 0.109. The maximum Gasteiger partial charge on any atom is 0.287 e. The third kappa shape index (κ3) is 6.41. The minimum absolute atomic E-state index is 0.0810. The third-order valence-electron chi connectivity index (χ3n) is 4.37. The van der Waals surface area contributed by atoms with E-state index in [2.05, 4.69) is 15.0 Å². The van der Waals surface area contributed by atoms with E-state index in [0.29, 0.717) is 12.4 Å². The van der Waals surface area contributed by atoms with Crippen molar-refractivity contribution in [3.63, 3.8) is 0 Å². The van der Waals surface area contributed by atoms with Gasteiger partial charge in [-0.3, -0.25) is 9.78 Å². The van der Waals surface area contributed by atoms with Crippen LogP contribution in [-0.2, 0) is 16.6 Å². The monoisotopic (exact) mass is 457 g/mol. The van der Waals surface area contributed by atoms with Crippen LogP contribution in [0.3, 0.4) is 0 Å². The highest BCUT2D eigenvalue weighted by Crippen LogP contribution is 2.20. The number of hydrogen-bond acceptors (Lipinski definition) is 6. The minimum Gasteiger partial charge on any atom is -0.489 e. The Hall–Kier alpha value is -3.17. The van der Waals surface area contributed by atoms with Crippen molar-refractivity contribution >= 4 is 15.9 Å². The van der Waals surface area contributed by atoms with Crippen molar-refractivity contribution in [2.24, 2.45) is 0 Å². The summed E-state index contributed by atoms with van der Waals surface area (Å²) in [6, 6.07) is 13.4. The molecule has 2 N–H and O–H groups in total. The van der Waals surface area contributed by atoms with Gasteiger partial charge in [-0.1, -0.05) is 18.2 Å². The molecule has 1 amide bonds. The Morgan fingerprint density at radius 3 is 2.47 bits per heavy atom. The summed E-state index contributed by atoms with van der Waals surface area (Å²) in [6.07, 6.45) is 3.45. The molecule has 0 aliphatic rings. The Labute approximate surface area is 188 Å². The van der Waals surface area contributed by atoms with Crippen molar-refractivity contribution in [2.75, 3.05) is 0 Å². The van der Waals surface area contributed by atoms with Crippen LogP contribution in [0, 0.1) is 0 Å². The molecular formula is C23H27N3O5S. The number of aromatic nitrogens is 1. The topological polar surface area (TPSA) is 111 Å². The highest BCUT2D eigenvalue weighted by Gasteiger charge is 2.26. The van der Waals surface area contributed by atoms with Crippen molar-refractivity contribution in [3.8, 4) is 5.75 Å². The summed E-state index contributed by atoms with van der Waals surface area (Å²) in [6.45, 7) is 7.40. The van der Waals surface area contributed by atoms with Gasteiger partial charge in [0, 0.05) is 23.5 Å². The molecule has 0 saturated carbocycles. The van der Waals surface area contributed by atoms with E-state index in [0.717, 1.165) is 11.1 Å². The molecule has 0 bridgehead atoms. The van der Waals surface area contributed by atoms with E-state index < -0.39 is 21.5 Å². The van der Waals surface area contributed by atoms with Crippen molar-refractivity contribution in [1.29, 1.82) is 0 Å². The molecule has 0 fully saturated rings. The lowest BCUT2D eigenvalue weighted by molar-refractivity contribution is 0.0906. The maximum absolute atomic E-state index is 12.5. The molecule has 32 heavy (non-hydrogen) atoms. The van der Waals surface area contributed by atoms with Gasteiger partial charge in [0.05, 0.1) is 6.04 Å². The van der Waals surface area contributed by atoms with Crippen LogP contribution < -0.4 is 14.8 Å². The highest BCUT2D eigenvalue weighted by atomic mass is 32.2. The van der Waals surface area contributed by atoms with Gasteiger partial charge in [-0.25, -0.2) is 13.1 Å². The summed E-state index contributed by atoms with van der Waals surface area (Å²) in [7, 11) is -3.86. The number of nitrogens with one attached hydrogen (secondary N) is 2. The van der Waals surface area contributed by atoms with Gasteiger partial charge in [0.15, 0.2) is 5.76 Å². The fourth-order valence-corrected chi connectivity index (χ4v) is 4.25. The lowest BCUT2D eigenvalue weighted by atomic mass is 10.1. The van der Waals surface area contributed by atoms with Crippen LogP contribution in [0.1, 0.15) is 55.4 Å². The van der Waals surface area contributed by atoms with E-state index in [1.165, 1.54) is 12.1 Å². The number of pyridine rings is 1. The molecule has 0 aliphatic carbocycles. The second kappa shape index (κ2) is 9.54. The standard InChI is InChI=1S/C23H27N3O5S/c1-16(18-7-9-19(10-8-18)30-15-17-6-5-13-24-14-17)25-22(27)20-11-12-21(31-20)32(28,29)26-23(2,3)4/h5-14,16,26H,15H2,1-4H3,(H,25,27). The number of hydrogen-bond donors (Lipinski definition) is 2. The molecule has 1 atom stereocenters. The molecule has 3 rings (SSSR count). The fraction of sp³-hybridized carbons (Fsp3) is 0.304. The van der Waals surface area contributed by atoms with E-state index in [1.54, 1.807) is 33.2 Å². The lowest BCUT2D eigenvalue weighted by Gasteiger charge is -2.19. The quantitative estimate of drug-likeness (QED) is 0.532. The van der Waals surface area contributed by atoms with E-state index in [-0.39, 0.29) is 16.9 Å². The molecule has 1 unspecified atom stereocenters. The van der Waals surface area contributed by atoms with E-state index in [9.17, 15) is 13.2 Å². The van der Waals surface area contributed by atoms with Gasteiger partial charge in [0.2, 0.25) is 5.09 Å². The van der Waals surface area contributed by atoms with Crippen molar-refractivity contribution in [1.82, 2.24) is 15.0 Å². The number of furan rings is 1. The van der Waals surface area contributed by atoms with Gasteiger partial charge >= 0.3 is 0 Å². The second-order valence-electron chi connectivity index (χ2n) is 8.39. The summed E-state index contributed by atoms with van der Waals surface area (Å²) in [4.78, 5) is 16.6. The summed E-state index contributed by atoms with van der Waals surface area (Å²) in [5, 5.41) is 2.50. The summed E-state index contributed by atoms with van der Waals surface area (Å²) >= 11 is 0. The lowest BCUT2D eigenvalue weighted by Crippen LogP contribution is -2.40. The minimum atomic E-state index is -3.86. The predicted molar refractivity (Wildman–Crippen MR) is 120 cm³/mol. The second-order valence-corrected chi connectivity index (χ2v) is 10.0. The first-order valence-corrected chi connectivity index (χ1v) is 11.6. The average Bonchev–Trinajstić information content (AvgIpc) is 3.23. The zero-order valence-corrected chi connectivity index (χ0v) is 19.3. The van der Waals surface area contributed by atoms with E-state index in [4.69, 9.17) is 9.15 Å². The van der Waals surface area contributed by atoms with Gasteiger partial charge in [0.1, 0.15) is 12.4 Å². The van der Waals surface area contributed by atoms with Gasteiger partial charge in [-0.2, -0.15) is 0 Å². The van der Waals surface area contributed by atoms with Gasteiger partial charge in [-0.05, 0) is 63.6 Å². The Bertz CT molecular complexity index is 1150. The maximum atomic E-state index is 12.5. The molecule has 8 nitrogen and oxygen atoms in total. The molecule has 0 radical (unpaired) electrons. The summed E-state index contributed by atoms with van der Waals surface area (Å²) in [5.41, 5.74) is 1.16. The van der Waals surface area contributed by atoms with E-state index in [1.807, 2.05) is 43.3 Å². The Morgan fingerprint density at radius 2 is 1.84 bits per heavy atom. The molecule has 3 aromatic rings. The first-order chi connectivity index (χ1) is 15.0. The normalized spacial score (nSPS) is 12.9. The molecular weight excluding hydrogens is 430 g/mol. The van der Waals surface area contributed by atoms with Gasteiger partial charge in [0.25, 0.3) is 15.9 Å². The average molecular weight is 458 g/mol. The van der Waals surface area contributed by atoms with Crippen LogP contribution in [0.2, 0.25) is 0 Å². The van der Waals surface area contributed by atoms with Crippen molar-refractivity contribution in [3.05, 3.63) is 77.8 Å². The number of rotatable bonds is 8. The van der Waals surface area contributed by atoms with Crippen LogP contribution >= 0.6 is 0 Å². The molecule has 9 heteroatoms. The fourth-order valence-electron chi connectivity index (χ4n) is 2.89. The number of ether oxygens (including phenoxy) is 1. The molecule has 170 valence electrons. The number of benzene rings is 1. The predicted octanol–water partition coefficient (Wildman–Crippen LogP) is 3.82. The molecule has 0 saturated heterocycles. The Morgan fingerprint density at radius 1 is 1.12 bits per heavy atom.